The molecule has 6 nitrogen and oxygen atoms in total. The lowest BCUT2D eigenvalue weighted by molar-refractivity contribution is -0.139. The average molecular weight is 399 g/mol. The van der Waals surface area contributed by atoms with Crippen LogP contribution >= 0.6 is 0 Å². The normalized spacial score (nSPS) is 11.8. The largest absolute Gasteiger partial charge is 0.331 e. The third-order valence-corrected chi connectivity index (χ3v) is 4.74. The summed E-state index contributed by atoms with van der Waals surface area (Å²) >= 11 is 0. The Kier molecular flexibility index (Phi) is 6.88. The molecule has 0 atom stereocenters. The molecular weight excluding hydrogens is 364 g/mol. The lowest BCUT2D eigenvalue weighted by Gasteiger charge is -2.27. The second-order valence-electron chi connectivity index (χ2n) is 9.17. The van der Waals surface area contributed by atoms with Crippen molar-refractivity contribution in [2.75, 3.05) is 11.9 Å². The topological polar surface area (TPSA) is 67.2 Å². The SMILES string of the molecule is Cc1ccc(-n2nc(C(C)(C)C)cc2NC(=O)CN(C(=O)C(C)C)C(C)C)cc1. The summed E-state index contributed by atoms with van der Waals surface area (Å²) in [5.41, 5.74) is 2.75. The summed E-state index contributed by atoms with van der Waals surface area (Å²) < 4.78 is 1.75. The summed E-state index contributed by atoms with van der Waals surface area (Å²) in [6, 6.07) is 9.84. The van der Waals surface area contributed by atoms with Gasteiger partial charge in [0.15, 0.2) is 0 Å². The molecule has 158 valence electrons. The van der Waals surface area contributed by atoms with Crippen LogP contribution in [0.25, 0.3) is 5.69 Å². The highest BCUT2D eigenvalue weighted by Gasteiger charge is 2.25. The molecule has 0 aliphatic rings. The van der Waals surface area contributed by atoms with Crippen molar-refractivity contribution in [2.45, 2.75) is 66.8 Å². The lowest BCUT2D eigenvalue weighted by Crippen LogP contribution is -2.44. The molecule has 1 N–H and O–H groups in total. The van der Waals surface area contributed by atoms with Crippen LogP contribution in [0.4, 0.5) is 5.82 Å². The van der Waals surface area contributed by atoms with Gasteiger partial charge >= 0.3 is 0 Å². The van der Waals surface area contributed by atoms with E-state index in [1.807, 2.05) is 65.0 Å². The van der Waals surface area contributed by atoms with Crippen molar-refractivity contribution in [1.29, 1.82) is 0 Å². The Morgan fingerprint density at radius 2 is 1.69 bits per heavy atom. The molecule has 1 heterocycles. The second-order valence-corrected chi connectivity index (χ2v) is 9.17. The van der Waals surface area contributed by atoms with E-state index in [0.29, 0.717) is 5.82 Å². The first kappa shape index (κ1) is 22.7. The van der Waals surface area contributed by atoms with Crippen molar-refractivity contribution in [3.05, 3.63) is 41.6 Å². The van der Waals surface area contributed by atoms with Crippen molar-refractivity contribution in [1.82, 2.24) is 14.7 Å². The van der Waals surface area contributed by atoms with Crippen LogP contribution in [-0.2, 0) is 15.0 Å². The third kappa shape index (κ3) is 5.68. The van der Waals surface area contributed by atoms with Gasteiger partial charge in [-0.2, -0.15) is 5.10 Å². The van der Waals surface area contributed by atoms with Crippen molar-refractivity contribution in [3.8, 4) is 5.69 Å². The van der Waals surface area contributed by atoms with E-state index in [-0.39, 0.29) is 35.7 Å². The minimum Gasteiger partial charge on any atom is -0.331 e. The van der Waals surface area contributed by atoms with Crippen LogP contribution < -0.4 is 5.32 Å². The van der Waals surface area contributed by atoms with Gasteiger partial charge in [0.2, 0.25) is 11.8 Å². The molecule has 1 aromatic carbocycles. The number of anilines is 1. The van der Waals surface area contributed by atoms with E-state index in [4.69, 9.17) is 5.10 Å². The molecule has 0 aliphatic carbocycles. The first-order valence-corrected chi connectivity index (χ1v) is 10.2. The van der Waals surface area contributed by atoms with E-state index in [0.717, 1.165) is 16.9 Å². The zero-order valence-corrected chi connectivity index (χ0v) is 18.9. The van der Waals surface area contributed by atoms with E-state index in [1.54, 1.807) is 9.58 Å². The van der Waals surface area contributed by atoms with Crippen LogP contribution in [0.1, 0.15) is 59.7 Å². The van der Waals surface area contributed by atoms with E-state index >= 15 is 0 Å². The van der Waals surface area contributed by atoms with Crippen LogP contribution in [0.3, 0.4) is 0 Å². The first-order chi connectivity index (χ1) is 13.4. The highest BCUT2D eigenvalue weighted by atomic mass is 16.2. The van der Waals surface area contributed by atoms with Crippen LogP contribution in [0.5, 0.6) is 0 Å². The summed E-state index contributed by atoms with van der Waals surface area (Å²) in [7, 11) is 0. The minimum absolute atomic E-state index is 0.0125. The molecule has 0 unspecified atom stereocenters. The molecule has 29 heavy (non-hydrogen) atoms. The Morgan fingerprint density at radius 1 is 1.10 bits per heavy atom. The zero-order valence-electron chi connectivity index (χ0n) is 18.9. The van der Waals surface area contributed by atoms with Gasteiger partial charge in [-0.1, -0.05) is 52.3 Å². The fourth-order valence-corrected chi connectivity index (χ4v) is 2.90. The first-order valence-electron chi connectivity index (χ1n) is 10.2. The fourth-order valence-electron chi connectivity index (χ4n) is 2.90. The van der Waals surface area contributed by atoms with E-state index in [1.165, 1.54) is 0 Å². The summed E-state index contributed by atoms with van der Waals surface area (Å²) in [6.07, 6.45) is 0. The van der Waals surface area contributed by atoms with Gasteiger partial charge in [-0.05, 0) is 32.9 Å². The Bertz CT molecular complexity index is 858. The Morgan fingerprint density at radius 3 is 2.17 bits per heavy atom. The number of rotatable bonds is 6. The van der Waals surface area contributed by atoms with Crippen LogP contribution in [-0.4, -0.2) is 39.1 Å². The number of amides is 2. The number of aromatic nitrogens is 2. The van der Waals surface area contributed by atoms with Crippen molar-refractivity contribution in [2.24, 2.45) is 5.92 Å². The Balaban J connectivity index is 2.33. The fraction of sp³-hybridized carbons (Fsp3) is 0.522. The molecule has 0 spiro atoms. The summed E-state index contributed by atoms with van der Waals surface area (Å²) in [5.74, 6) is 0.180. The van der Waals surface area contributed by atoms with Crippen molar-refractivity contribution >= 4 is 17.6 Å². The number of benzene rings is 1. The third-order valence-electron chi connectivity index (χ3n) is 4.74. The van der Waals surface area contributed by atoms with Crippen LogP contribution in [0.15, 0.2) is 30.3 Å². The highest BCUT2D eigenvalue weighted by Crippen LogP contribution is 2.26. The number of nitrogens with zero attached hydrogens (tertiary/aromatic N) is 3. The number of carbonyl (C=O) groups is 2. The number of carbonyl (C=O) groups excluding carboxylic acids is 2. The molecule has 6 heteroatoms. The molecule has 0 aliphatic heterocycles. The summed E-state index contributed by atoms with van der Waals surface area (Å²) in [6.45, 7) is 15.8. The number of nitrogens with one attached hydrogen (secondary N) is 1. The zero-order chi connectivity index (χ0) is 21.9. The quantitative estimate of drug-likeness (QED) is 0.788. The van der Waals surface area contributed by atoms with Gasteiger partial charge in [-0.3, -0.25) is 9.59 Å². The molecule has 0 fully saturated rings. The van der Waals surface area contributed by atoms with Gasteiger partial charge in [0.25, 0.3) is 0 Å². The van der Waals surface area contributed by atoms with Crippen molar-refractivity contribution in [3.63, 3.8) is 0 Å². The minimum atomic E-state index is -0.235. The predicted octanol–water partition coefficient (Wildman–Crippen LogP) is 4.31. The molecule has 0 saturated heterocycles. The van der Waals surface area contributed by atoms with Crippen molar-refractivity contribution < 1.29 is 9.59 Å². The maximum absolute atomic E-state index is 12.8. The Hall–Kier alpha value is -2.63. The molecule has 2 rings (SSSR count). The molecular formula is C23H34N4O2. The van der Waals surface area contributed by atoms with Gasteiger partial charge in [-0.25, -0.2) is 4.68 Å². The molecule has 0 radical (unpaired) electrons. The monoisotopic (exact) mass is 398 g/mol. The molecule has 0 bridgehead atoms. The summed E-state index contributed by atoms with van der Waals surface area (Å²) in [4.78, 5) is 26.9. The molecule has 1 aromatic heterocycles. The van der Waals surface area contributed by atoms with Gasteiger partial charge < -0.3 is 10.2 Å². The van der Waals surface area contributed by atoms with Crippen LogP contribution in [0.2, 0.25) is 0 Å². The number of aryl methyl sites for hydroxylation is 1. The van der Waals surface area contributed by atoms with Gasteiger partial charge in [0.05, 0.1) is 11.4 Å². The van der Waals surface area contributed by atoms with Crippen LogP contribution in [0, 0.1) is 12.8 Å². The maximum atomic E-state index is 12.8. The standard InChI is InChI=1S/C23H34N4O2/c1-15(2)22(29)26(16(3)4)14-21(28)24-20-13-19(23(6,7)8)25-27(20)18-11-9-17(5)10-12-18/h9-13,15-16H,14H2,1-8H3,(H,24,28). The van der Waals surface area contributed by atoms with Gasteiger partial charge in [-0.15, -0.1) is 0 Å². The average Bonchev–Trinajstić information content (AvgIpc) is 3.03. The smallest absolute Gasteiger partial charge is 0.245 e. The highest BCUT2D eigenvalue weighted by molar-refractivity contribution is 5.94. The predicted molar refractivity (Wildman–Crippen MR) is 117 cm³/mol. The Labute approximate surface area is 174 Å². The van der Waals surface area contributed by atoms with E-state index in [9.17, 15) is 9.59 Å². The van der Waals surface area contributed by atoms with Gasteiger partial charge in [0.1, 0.15) is 12.4 Å². The van der Waals surface area contributed by atoms with Gasteiger partial charge in [0, 0.05) is 23.4 Å². The summed E-state index contributed by atoms with van der Waals surface area (Å²) in [5, 5.41) is 7.70. The second kappa shape index (κ2) is 8.80. The molecule has 2 amide bonds. The van der Waals surface area contributed by atoms with E-state index in [2.05, 4.69) is 26.1 Å². The molecule has 0 saturated carbocycles. The van der Waals surface area contributed by atoms with E-state index < -0.39 is 0 Å². The number of hydrogen-bond donors (Lipinski definition) is 1. The maximum Gasteiger partial charge on any atom is 0.245 e. The molecule has 2 aromatic rings. The lowest BCUT2D eigenvalue weighted by atomic mass is 9.92. The number of hydrogen-bond acceptors (Lipinski definition) is 3.